The predicted octanol–water partition coefficient (Wildman–Crippen LogP) is 5.99. The zero-order valence-electron chi connectivity index (χ0n) is 24.2. The van der Waals surface area contributed by atoms with Gasteiger partial charge in [0.25, 0.3) is 11.8 Å². The van der Waals surface area contributed by atoms with Crippen LogP contribution in [0.1, 0.15) is 39.3 Å². The lowest BCUT2D eigenvalue weighted by atomic mass is 9.99. The van der Waals surface area contributed by atoms with Crippen LogP contribution < -0.4 is 14.8 Å². The van der Waals surface area contributed by atoms with E-state index in [1.807, 2.05) is 41.8 Å². The van der Waals surface area contributed by atoms with Crippen LogP contribution in [0.3, 0.4) is 0 Å². The molecular weight excluding hydrogens is 636 g/mol. The Labute approximate surface area is 271 Å². The van der Waals surface area contributed by atoms with Crippen molar-refractivity contribution in [1.82, 2.24) is 25.1 Å². The number of thiophene rings is 1. The second-order valence-electron chi connectivity index (χ2n) is 9.73. The number of hydrogen-bond acceptors (Lipinski definition) is 10. The van der Waals surface area contributed by atoms with Crippen molar-refractivity contribution < 1.29 is 23.5 Å². The van der Waals surface area contributed by atoms with Gasteiger partial charge in [0.05, 0.1) is 55.1 Å². The molecule has 1 atom stereocenters. The van der Waals surface area contributed by atoms with Gasteiger partial charge in [-0.1, -0.05) is 47.6 Å². The SMILES string of the molecule is COc1cccc([C@@H]2CC(c3cccs3)=NN2C(=O)CSc2nnc(CNC(=O)c3ccco3)n2-c2cccc(Cl)c2)c1OC. The number of benzene rings is 2. The molecule has 0 unspecified atom stereocenters. The summed E-state index contributed by atoms with van der Waals surface area (Å²) in [6.45, 7) is 0.0614. The van der Waals surface area contributed by atoms with Gasteiger partial charge in [-0.15, -0.1) is 21.5 Å². The zero-order chi connectivity index (χ0) is 31.3. The van der Waals surface area contributed by atoms with E-state index < -0.39 is 11.9 Å². The first kappa shape index (κ1) is 30.4. The van der Waals surface area contributed by atoms with Gasteiger partial charge in [-0.05, 0) is 47.8 Å². The molecule has 0 spiro atoms. The number of aromatic nitrogens is 3. The molecule has 0 saturated heterocycles. The lowest BCUT2D eigenvalue weighted by Crippen LogP contribution is -2.29. The number of furan rings is 1. The van der Waals surface area contributed by atoms with Crippen LogP contribution in [0.5, 0.6) is 11.5 Å². The second-order valence-corrected chi connectivity index (χ2v) is 12.1. The van der Waals surface area contributed by atoms with Crippen LogP contribution in [-0.4, -0.2) is 57.3 Å². The summed E-state index contributed by atoms with van der Waals surface area (Å²) >= 11 is 9.10. The number of carbonyl (C=O) groups is 2. The average Bonchev–Trinajstić information content (AvgIpc) is 3.89. The third-order valence-corrected chi connectivity index (χ3v) is 9.08. The second kappa shape index (κ2) is 13.6. The molecule has 4 heterocycles. The maximum atomic E-state index is 13.9. The number of nitrogens with zero attached hydrogens (tertiary/aromatic N) is 5. The number of rotatable bonds is 11. The number of para-hydroxylation sites is 1. The van der Waals surface area contributed by atoms with Gasteiger partial charge in [0.1, 0.15) is 0 Å². The third kappa shape index (κ3) is 6.46. The molecule has 230 valence electrons. The number of carbonyl (C=O) groups excluding carboxylic acids is 2. The van der Waals surface area contributed by atoms with Crippen LogP contribution in [0.2, 0.25) is 5.02 Å². The highest BCUT2D eigenvalue weighted by Crippen LogP contribution is 2.42. The van der Waals surface area contributed by atoms with Crippen LogP contribution in [-0.2, 0) is 11.3 Å². The van der Waals surface area contributed by atoms with Gasteiger partial charge in [0.2, 0.25) is 0 Å². The topological polar surface area (TPSA) is 124 Å². The normalized spacial score (nSPS) is 14.3. The maximum Gasteiger partial charge on any atom is 0.287 e. The van der Waals surface area contributed by atoms with Gasteiger partial charge in [0.15, 0.2) is 28.2 Å². The van der Waals surface area contributed by atoms with Crippen molar-refractivity contribution in [1.29, 1.82) is 0 Å². The van der Waals surface area contributed by atoms with E-state index in [1.165, 1.54) is 23.0 Å². The van der Waals surface area contributed by atoms with Crippen molar-refractivity contribution in [3.8, 4) is 17.2 Å². The highest BCUT2D eigenvalue weighted by atomic mass is 35.5. The Kier molecular flexibility index (Phi) is 9.19. The van der Waals surface area contributed by atoms with Gasteiger partial charge < -0.3 is 19.2 Å². The van der Waals surface area contributed by atoms with Crippen molar-refractivity contribution in [2.75, 3.05) is 20.0 Å². The fourth-order valence-electron chi connectivity index (χ4n) is 4.98. The molecule has 0 fully saturated rings. The molecule has 45 heavy (non-hydrogen) atoms. The summed E-state index contributed by atoms with van der Waals surface area (Å²) in [5.74, 6) is 1.15. The van der Waals surface area contributed by atoms with E-state index in [0.29, 0.717) is 39.6 Å². The molecule has 14 heteroatoms. The van der Waals surface area contributed by atoms with E-state index in [4.69, 9.17) is 30.6 Å². The molecule has 11 nitrogen and oxygen atoms in total. The van der Waals surface area contributed by atoms with Crippen molar-refractivity contribution in [3.63, 3.8) is 0 Å². The third-order valence-electron chi connectivity index (χ3n) is 7.01. The summed E-state index contributed by atoms with van der Waals surface area (Å²) < 4.78 is 18.2. The molecular formula is C31H27ClN6O5S2. The Bertz CT molecular complexity index is 1840. The number of ether oxygens (including phenoxy) is 2. The molecule has 6 rings (SSSR count). The number of hydrogen-bond donors (Lipinski definition) is 1. The molecule has 0 radical (unpaired) electrons. The van der Waals surface area contributed by atoms with E-state index in [0.717, 1.165) is 16.2 Å². The van der Waals surface area contributed by atoms with Gasteiger partial charge in [-0.2, -0.15) is 5.10 Å². The summed E-state index contributed by atoms with van der Waals surface area (Å²) in [6.07, 6.45) is 1.94. The standard InChI is InChI=1S/C31H27ClN6O5S2/c1-41-24-10-4-9-21(29(24)42-2)23-16-22(26-12-6-14-44-26)36-38(23)28(39)18-45-31-35-34-27(17-33-30(40)25-11-5-13-43-25)37(31)20-8-3-7-19(32)15-20/h3-15,23H,16-18H2,1-2H3,(H,33,40)/t23-/m0/s1. The number of amides is 2. The molecule has 0 aliphatic carbocycles. The van der Waals surface area contributed by atoms with Crippen LogP contribution in [0.15, 0.2) is 93.0 Å². The van der Waals surface area contributed by atoms with Crippen molar-refractivity contribution >= 4 is 52.2 Å². The van der Waals surface area contributed by atoms with Gasteiger partial charge >= 0.3 is 0 Å². The van der Waals surface area contributed by atoms with Crippen LogP contribution in [0, 0.1) is 0 Å². The van der Waals surface area contributed by atoms with E-state index in [1.54, 1.807) is 60.5 Å². The molecule has 2 aromatic carbocycles. The first-order valence-corrected chi connectivity index (χ1v) is 16.0. The molecule has 1 aliphatic rings. The number of methoxy groups -OCH3 is 2. The van der Waals surface area contributed by atoms with E-state index in [9.17, 15) is 9.59 Å². The molecule has 0 bridgehead atoms. The van der Waals surface area contributed by atoms with Crippen LogP contribution >= 0.6 is 34.7 Å². The molecule has 0 saturated carbocycles. The Balaban J connectivity index is 1.27. The fourth-order valence-corrected chi connectivity index (χ4v) is 6.71. The highest BCUT2D eigenvalue weighted by molar-refractivity contribution is 7.99. The van der Waals surface area contributed by atoms with E-state index in [2.05, 4.69) is 15.5 Å². The Hall–Kier alpha value is -4.59. The van der Waals surface area contributed by atoms with Crippen LogP contribution in [0.4, 0.5) is 0 Å². The fraction of sp³-hybridized carbons (Fsp3) is 0.194. The summed E-state index contributed by atoms with van der Waals surface area (Å²) in [6, 6.07) is 19.5. The summed E-state index contributed by atoms with van der Waals surface area (Å²) in [5, 5.41) is 20.7. The lowest BCUT2D eigenvalue weighted by Gasteiger charge is -2.24. The summed E-state index contributed by atoms with van der Waals surface area (Å²) in [7, 11) is 3.16. The Morgan fingerprint density at radius 3 is 2.69 bits per heavy atom. The smallest absolute Gasteiger partial charge is 0.287 e. The van der Waals surface area contributed by atoms with Crippen molar-refractivity contribution in [3.05, 3.63) is 105 Å². The van der Waals surface area contributed by atoms with Gasteiger partial charge in [-0.25, -0.2) is 5.01 Å². The van der Waals surface area contributed by atoms with E-state index >= 15 is 0 Å². The van der Waals surface area contributed by atoms with Crippen LogP contribution in [0.25, 0.3) is 5.69 Å². The first-order chi connectivity index (χ1) is 22.0. The minimum atomic E-state index is -0.404. The van der Waals surface area contributed by atoms with Crippen molar-refractivity contribution in [2.45, 2.75) is 24.2 Å². The zero-order valence-corrected chi connectivity index (χ0v) is 26.6. The Morgan fingerprint density at radius 2 is 1.96 bits per heavy atom. The van der Waals surface area contributed by atoms with Gasteiger partial charge in [0, 0.05) is 17.0 Å². The molecule has 2 amide bonds. The average molecular weight is 663 g/mol. The number of hydrazone groups is 1. The first-order valence-electron chi connectivity index (χ1n) is 13.8. The highest BCUT2D eigenvalue weighted by Gasteiger charge is 2.36. The molecule has 1 N–H and O–H groups in total. The molecule has 3 aromatic heterocycles. The monoisotopic (exact) mass is 662 g/mol. The lowest BCUT2D eigenvalue weighted by molar-refractivity contribution is -0.130. The Morgan fingerprint density at radius 1 is 1.09 bits per heavy atom. The predicted molar refractivity (Wildman–Crippen MR) is 172 cm³/mol. The molecule has 5 aromatic rings. The number of nitrogens with one attached hydrogen (secondary N) is 1. The largest absolute Gasteiger partial charge is 0.493 e. The minimum Gasteiger partial charge on any atom is -0.493 e. The number of halogens is 1. The minimum absolute atomic E-state index is 0.0153. The summed E-state index contributed by atoms with van der Waals surface area (Å²) in [4.78, 5) is 27.4. The quantitative estimate of drug-likeness (QED) is 0.171. The maximum absolute atomic E-state index is 13.9. The van der Waals surface area contributed by atoms with E-state index in [-0.39, 0.29) is 24.0 Å². The summed E-state index contributed by atoms with van der Waals surface area (Å²) in [5.41, 5.74) is 2.29. The van der Waals surface area contributed by atoms with Crippen molar-refractivity contribution in [2.24, 2.45) is 5.10 Å². The van der Waals surface area contributed by atoms with Gasteiger partial charge in [-0.3, -0.25) is 14.2 Å². The number of thioether (sulfide) groups is 1. The molecule has 1 aliphatic heterocycles.